The molecule has 3 rings (SSSR count). The number of hydrogen-bond acceptors (Lipinski definition) is 5. The van der Waals surface area contributed by atoms with Crippen LogP contribution in [0, 0.1) is 6.92 Å². The molecule has 23 heavy (non-hydrogen) atoms. The predicted molar refractivity (Wildman–Crippen MR) is 88.8 cm³/mol. The summed E-state index contributed by atoms with van der Waals surface area (Å²) < 4.78 is 5.83. The zero-order valence-electron chi connectivity index (χ0n) is 13.7. The molecule has 0 atom stereocenters. The van der Waals surface area contributed by atoms with Gasteiger partial charge in [0.05, 0.1) is 13.2 Å². The van der Waals surface area contributed by atoms with Crippen molar-refractivity contribution in [2.75, 3.05) is 13.2 Å². The third-order valence-electron chi connectivity index (χ3n) is 4.58. The topological polar surface area (TPSA) is 62.4 Å². The Labute approximate surface area is 137 Å². The van der Waals surface area contributed by atoms with Crippen molar-refractivity contribution >= 4 is 0 Å². The molecule has 1 aromatic heterocycles. The van der Waals surface area contributed by atoms with Gasteiger partial charge in [-0.05, 0) is 31.9 Å². The highest BCUT2D eigenvalue weighted by atomic mass is 16.4. The molecule has 1 saturated carbocycles. The third kappa shape index (κ3) is 4.18. The van der Waals surface area contributed by atoms with Crippen LogP contribution in [0.15, 0.2) is 28.7 Å². The van der Waals surface area contributed by atoms with E-state index in [0.717, 1.165) is 5.56 Å². The van der Waals surface area contributed by atoms with Crippen LogP contribution >= 0.6 is 0 Å². The Morgan fingerprint density at radius 1 is 1.13 bits per heavy atom. The predicted octanol–water partition coefficient (Wildman–Crippen LogP) is 3.17. The van der Waals surface area contributed by atoms with E-state index >= 15 is 0 Å². The Kier molecular flexibility index (Phi) is 5.41. The second-order valence-corrected chi connectivity index (χ2v) is 6.35. The van der Waals surface area contributed by atoms with Crippen molar-refractivity contribution in [3.05, 3.63) is 35.7 Å². The number of aryl methyl sites for hydroxylation is 1. The van der Waals surface area contributed by atoms with Gasteiger partial charge in [0.15, 0.2) is 0 Å². The summed E-state index contributed by atoms with van der Waals surface area (Å²) in [6.07, 6.45) is 6.25. The minimum Gasteiger partial charge on any atom is -0.419 e. The maximum atomic E-state index is 9.35. The van der Waals surface area contributed by atoms with E-state index in [-0.39, 0.29) is 6.61 Å². The molecule has 1 aromatic carbocycles. The molecule has 0 unspecified atom stereocenters. The van der Waals surface area contributed by atoms with Gasteiger partial charge < -0.3 is 9.52 Å². The molecule has 0 amide bonds. The Morgan fingerprint density at radius 3 is 2.57 bits per heavy atom. The van der Waals surface area contributed by atoms with Gasteiger partial charge in [0.1, 0.15) is 0 Å². The summed E-state index contributed by atoms with van der Waals surface area (Å²) in [5.74, 6) is 1.19. The lowest BCUT2D eigenvalue weighted by Gasteiger charge is -2.32. The fraction of sp³-hybridized carbons (Fsp3) is 0.556. The van der Waals surface area contributed by atoms with Crippen LogP contribution in [0.2, 0.25) is 0 Å². The quantitative estimate of drug-likeness (QED) is 0.887. The molecule has 0 aliphatic heterocycles. The summed E-state index contributed by atoms with van der Waals surface area (Å²) >= 11 is 0. The molecule has 2 aromatic rings. The molecular formula is C18H25N3O2. The average molecular weight is 315 g/mol. The van der Waals surface area contributed by atoms with Crippen LogP contribution in [-0.4, -0.2) is 39.4 Å². The number of hydrogen-bond donors (Lipinski definition) is 1. The van der Waals surface area contributed by atoms with Crippen molar-refractivity contribution in [1.29, 1.82) is 0 Å². The molecular weight excluding hydrogens is 290 g/mol. The van der Waals surface area contributed by atoms with Crippen LogP contribution in [0.4, 0.5) is 0 Å². The van der Waals surface area contributed by atoms with Crippen molar-refractivity contribution in [1.82, 2.24) is 15.1 Å². The van der Waals surface area contributed by atoms with Crippen molar-refractivity contribution in [3.63, 3.8) is 0 Å². The first-order valence-corrected chi connectivity index (χ1v) is 8.50. The first-order chi connectivity index (χ1) is 11.3. The molecule has 1 heterocycles. The van der Waals surface area contributed by atoms with Gasteiger partial charge >= 0.3 is 0 Å². The lowest BCUT2D eigenvalue weighted by molar-refractivity contribution is 0.108. The number of aromatic nitrogens is 2. The zero-order chi connectivity index (χ0) is 16.1. The van der Waals surface area contributed by atoms with Crippen LogP contribution in [0.5, 0.6) is 0 Å². The zero-order valence-corrected chi connectivity index (χ0v) is 13.7. The normalized spacial score (nSPS) is 16.1. The highest BCUT2D eigenvalue weighted by molar-refractivity contribution is 5.52. The van der Waals surface area contributed by atoms with Crippen molar-refractivity contribution in [2.45, 2.75) is 51.6 Å². The Morgan fingerprint density at radius 2 is 1.87 bits per heavy atom. The number of aliphatic hydroxyl groups is 1. The number of benzene rings is 1. The van der Waals surface area contributed by atoms with E-state index in [9.17, 15) is 5.11 Å². The summed E-state index contributed by atoms with van der Waals surface area (Å²) in [6, 6.07) is 8.60. The Bertz CT molecular complexity index is 603. The fourth-order valence-electron chi connectivity index (χ4n) is 3.27. The van der Waals surface area contributed by atoms with E-state index in [1.807, 2.05) is 24.3 Å². The van der Waals surface area contributed by atoms with Gasteiger partial charge in [0.25, 0.3) is 0 Å². The number of rotatable bonds is 6. The van der Waals surface area contributed by atoms with Crippen LogP contribution < -0.4 is 0 Å². The third-order valence-corrected chi connectivity index (χ3v) is 4.58. The summed E-state index contributed by atoms with van der Waals surface area (Å²) in [5.41, 5.74) is 2.15. The van der Waals surface area contributed by atoms with Gasteiger partial charge in [0.2, 0.25) is 11.8 Å². The Balaban J connectivity index is 1.69. The van der Waals surface area contributed by atoms with E-state index in [1.54, 1.807) is 0 Å². The Hall–Kier alpha value is -1.72. The summed E-state index contributed by atoms with van der Waals surface area (Å²) in [5, 5.41) is 17.7. The van der Waals surface area contributed by atoms with Gasteiger partial charge in [-0.2, -0.15) is 0 Å². The first-order valence-electron chi connectivity index (χ1n) is 8.50. The lowest BCUT2D eigenvalue weighted by atomic mass is 9.94. The summed E-state index contributed by atoms with van der Waals surface area (Å²) in [4.78, 5) is 2.28. The van der Waals surface area contributed by atoms with Gasteiger partial charge in [-0.25, -0.2) is 0 Å². The monoisotopic (exact) mass is 315 g/mol. The minimum atomic E-state index is 0.162. The molecule has 0 bridgehead atoms. The van der Waals surface area contributed by atoms with Gasteiger partial charge in [-0.1, -0.05) is 37.0 Å². The van der Waals surface area contributed by atoms with Crippen LogP contribution in [-0.2, 0) is 6.54 Å². The minimum absolute atomic E-state index is 0.162. The van der Waals surface area contributed by atoms with E-state index < -0.39 is 0 Å². The molecule has 1 N–H and O–H groups in total. The lowest BCUT2D eigenvalue weighted by Crippen LogP contribution is -2.38. The summed E-state index contributed by atoms with van der Waals surface area (Å²) in [6.45, 7) is 3.49. The van der Waals surface area contributed by atoms with Gasteiger partial charge in [-0.3, -0.25) is 4.90 Å². The number of nitrogens with zero attached hydrogens (tertiary/aromatic N) is 3. The van der Waals surface area contributed by atoms with E-state index in [4.69, 9.17) is 4.42 Å². The second kappa shape index (κ2) is 7.70. The van der Waals surface area contributed by atoms with Crippen molar-refractivity contribution in [2.24, 2.45) is 0 Å². The van der Waals surface area contributed by atoms with Gasteiger partial charge in [-0.15, -0.1) is 10.2 Å². The van der Waals surface area contributed by atoms with E-state index in [1.165, 1.54) is 37.7 Å². The largest absolute Gasteiger partial charge is 0.419 e. The molecule has 0 saturated heterocycles. The van der Waals surface area contributed by atoms with E-state index in [0.29, 0.717) is 30.9 Å². The molecule has 1 fully saturated rings. The standard InChI is InChI=1S/C18H25N3O2/c1-14-7-9-15(10-8-14)18-20-19-17(23-18)13-21(11-12-22)16-5-3-2-4-6-16/h7-10,16,22H,2-6,11-13H2,1H3. The molecule has 0 radical (unpaired) electrons. The highest BCUT2D eigenvalue weighted by Crippen LogP contribution is 2.24. The first kappa shape index (κ1) is 16.1. The molecule has 5 heteroatoms. The fourth-order valence-corrected chi connectivity index (χ4v) is 3.27. The average Bonchev–Trinajstić information content (AvgIpc) is 3.04. The summed E-state index contributed by atoms with van der Waals surface area (Å²) in [7, 11) is 0. The van der Waals surface area contributed by atoms with Crippen LogP contribution in [0.3, 0.4) is 0 Å². The molecule has 1 aliphatic rings. The SMILES string of the molecule is Cc1ccc(-c2nnc(CN(CCO)C3CCCCC3)o2)cc1. The van der Waals surface area contributed by atoms with Crippen molar-refractivity contribution < 1.29 is 9.52 Å². The maximum absolute atomic E-state index is 9.35. The second-order valence-electron chi connectivity index (χ2n) is 6.35. The smallest absolute Gasteiger partial charge is 0.247 e. The molecule has 5 nitrogen and oxygen atoms in total. The van der Waals surface area contributed by atoms with E-state index in [2.05, 4.69) is 22.0 Å². The van der Waals surface area contributed by atoms with Crippen LogP contribution in [0.25, 0.3) is 11.5 Å². The van der Waals surface area contributed by atoms with Crippen LogP contribution in [0.1, 0.15) is 43.6 Å². The number of aliphatic hydroxyl groups excluding tert-OH is 1. The molecule has 0 spiro atoms. The van der Waals surface area contributed by atoms with Crippen molar-refractivity contribution in [3.8, 4) is 11.5 Å². The maximum Gasteiger partial charge on any atom is 0.247 e. The molecule has 124 valence electrons. The highest BCUT2D eigenvalue weighted by Gasteiger charge is 2.22. The molecule has 1 aliphatic carbocycles. The van der Waals surface area contributed by atoms with Gasteiger partial charge in [0, 0.05) is 18.2 Å².